The molecule has 1 aromatic carbocycles. The molecule has 1 amide bonds. The van der Waals surface area contributed by atoms with Gasteiger partial charge in [0.2, 0.25) is 0 Å². The van der Waals surface area contributed by atoms with E-state index in [2.05, 4.69) is 24.1 Å². The quantitative estimate of drug-likeness (QED) is 0.544. The minimum absolute atomic E-state index is 0.0176. The van der Waals surface area contributed by atoms with Crippen molar-refractivity contribution >= 4 is 17.5 Å². The predicted molar refractivity (Wildman–Crippen MR) is 82.2 cm³/mol. The van der Waals surface area contributed by atoms with Gasteiger partial charge in [0.25, 0.3) is 5.91 Å². The van der Waals surface area contributed by atoms with Crippen molar-refractivity contribution in [2.24, 2.45) is 0 Å². The van der Waals surface area contributed by atoms with Gasteiger partial charge in [0.05, 0.1) is 0 Å². The summed E-state index contributed by atoms with van der Waals surface area (Å²) in [6.45, 7) is 7.65. The first-order chi connectivity index (χ1) is 9.67. The van der Waals surface area contributed by atoms with E-state index < -0.39 is 0 Å². The molecule has 0 unspecified atom stereocenters. The molecule has 0 atom stereocenters. The number of benzene rings is 1. The van der Waals surface area contributed by atoms with Gasteiger partial charge in [-0.25, -0.2) is 0 Å². The van der Waals surface area contributed by atoms with Crippen LogP contribution in [0.2, 0.25) is 5.02 Å². The molecule has 4 nitrogen and oxygen atoms in total. The van der Waals surface area contributed by atoms with Crippen LogP contribution in [0, 0.1) is 0 Å². The third kappa shape index (κ3) is 6.08. The highest BCUT2D eigenvalue weighted by Crippen LogP contribution is 2.22. The average molecular weight is 297 g/mol. The molecule has 0 aliphatic heterocycles. The topological polar surface area (TPSA) is 50.4 Å². The maximum atomic E-state index is 11.5. The molecule has 0 heterocycles. The van der Waals surface area contributed by atoms with E-state index in [9.17, 15) is 4.79 Å². The first-order valence-corrected chi connectivity index (χ1v) is 7.04. The SMILES string of the molecule is C=CCNC(=O)COc1ccc(Cl)cc1CNCCC. The number of hydrogen-bond donors (Lipinski definition) is 2. The Morgan fingerprint density at radius 1 is 1.50 bits per heavy atom. The maximum absolute atomic E-state index is 11.5. The molecule has 0 saturated heterocycles. The summed E-state index contributed by atoms with van der Waals surface area (Å²) in [5, 5.41) is 6.60. The average Bonchev–Trinajstić information content (AvgIpc) is 2.44. The zero-order valence-electron chi connectivity index (χ0n) is 11.7. The van der Waals surface area contributed by atoms with E-state index in [0.717, 1.165) is 18.5 Å². The van der Waals surface area contributed by atoms with Crippen LogP contribution < -0.4 is 15.4 Å². The second kappa shape index (κ2) is 9.39. The highest BCUT2D eigenvalue weighted by Gasteiger charge is 2.07. The first kappa shape index (κ1) is 16.5. The molecular formula is C15H21ClN2O2. The number of rotatable bonds is 9. The molecule has 1 aromatic rings. The van der Waals surface area contributed by atoms with Gasteiger partial charge >= 0.3 is 0 Å². The minimum Gasteiger partial charge on any atom is -0.483 e. The van der Waals surface area contributed by atoms with Gasteiger partial charge in [0.1, 0.15) is 5.75 Å². The third-order valence-corrected chi connectivity index (χ3v) is 2.80. The molecule has 2 N–H and O–H groups in total. The van der Waals surface area contributed by atoms with Gasteiger partial charge in [0, 0.05) is 23.7 Å². The largest absolute Gasteiger partial charge is 0.483 e. The van der Waals surface area contributed by atoms with Crippen LogP contribution in [0.15, 0.2) is 30.9 Å². The summed E-state index contributed by atoms with van der Waals surface area (Å²) in [5.41, 5.74) is 0.947. The Kier molecular flexibility index (Phi) is 7.77. The number of nitrogens with one attached hydrogen (secondary N) is 2. The van der Waals surface area contributed by atoms with Crippen molar-refractivity contribution < 1.29 is 9.53 Å². The van der Waals surface area contributed by atoms with E-state index in [1.54, 1.807) is 18.2 Å². The zero-order chi connectivity index (χ0) is 14.8. The van der Waals surface area contributed by atoms with Crippen LogP contribution in [0.1, 0.15) is 18.9 Å². The Morgan fingerprint density at radius 2 is 2.30 bits per heavy atom. The van der Waals surface area contributed by atoms with E-state index in [1.165, 1.54) is 0 Å². The van der Waals surface area contributed by atoms with Crippen molar-refractivity contribution in [3.05, 3.63) is 41.4 Å². The molecule has 0 aliphatic carbocycles. The lowest BCUT2D eigenvalue weighted by atomic mass is 10.2. The van der Waals surface area contributed by atoms with Crippen LogP contribution >= 0.6 is 11.6 Å². The standard InChI is InChI=1S/C15H21ClN2O2/c1-3-7-17-10-12-9-13(16)5-6-14(12)20-11-15(19)18-8-4-2/h4-6,9,17H,2-3,7-8,10-11H2,1H3,(H,18,19). The van der Waals surface area contributed by atoms with Crippen molar-refractivity contribution in [1.29, 1.82) is 0 Å². The van der Waals surface area contributed by atoms with Crippen molar-refractivity contribution in [2.45, 2.75) is 19.9 Å². The van der Waals surface area contributed by atoms with Crippen molar-refractivity contribution in [2.75, 3.05) is 19.7 Å². The number of carbonyl (C=O) groups is 1. The van der Waals surface area contributed by atoms with Crippen LogP contribution in [-0.4, -0.2) is 25.6 Å². The normalized spacial score (nSPS) is 10.1. The van der Waals surface area contributed by atoms with Gasteiger partial charge < -0.3 is 15.4 Å². The molecule has 5 heteroatoms. The third-order valence-electron chi connectivity index (χ3n) is 2.57. The van der Waals surface area contributed by atoms with Crippen molar-refractivity contribution in [3.8, 4) is 5.75 Å². The number of ether oxygens (including phenoxy) is 1. The van der Waals surface area contributed by atoms with Crippen LogP contribution in [0.25, 0.3) is 0 Å². The molecule has 0 aliphatic rings. The van der Waals surface area contributed by atoms with Crippen molar-refractivity contribution in [1.82, 2.24) is 10.6 Å². The minimum atomic E-state index is -0.174. The lowest BCUT2D eigenvalue weighted by molar-refractivity contribution is -0.122. The van der Waals surface area contributed by atoms with Gasteiger partial charge in [0.15, 0.2) is 6.61 Å². The number of hydrogen-bond acceptors (Lipinski definition) is 3. The summed E-state index contributed by atoms with van der Waals surface area (Å²) in [6.07, 6.45) is 2.68. The highest BCUT2D eigenvalue weighted by atomic mass is 35.5. The maximum Gasteiger partial charge on any atom is 0.258 e. The molecule has 0 radical (unpaired) electrons. The van der Waals surface area contributed by atoms with Crippen LogP contribution in [0.3, 0.4) is 0 Å². The second-order valence-corrected chi connectivity index (χ2v) is 4.75. The Balaban J connectivity index is 2.58. The lowest BCUT2D eigenvalue weighted by Crippen LogP contribution is -2.29. The van der Waals surface area contributed by atoms with Gasteiger partial charge in [-0.3, -0.25) is 4.79 Å². The number of halogens is 1. The Morgan fingerprint density at radius 3 is 3.00 bits per heavy atom. The predicted octanol–water partition coefficient (Wildman–Crippen LogP) is 2.52. The second-order valence-electron chi connectivity index (χ2n) is 4.31. The molecule has 0 aromatic heterocycles. The fraction of sp³-hybridized carbons (Fsp3) is 0.400. The fourth-order valence-electron chi connectivity index (χ4n) is 1.61. The molecule has 1 rings (SSSR count). The van der Waals surface area contributed by atoms with Gasteiger partial charge in [-0.15, -0.1) is 6.58 Å². The zero-order valence-corrected chi connectivity index (χ0v) is 12.5. The van der Waals surface area contributed by atoms with Crippen molar-refractivity contribution in [3.63, 3.8) is 0 Å². The summed E-state index contributed by atoms with van der Waals surface area (Å²) in [6, 6.07) is 5.38. The van der Waals surface area contributed by atoms with Crippen LogP contribution in [0.5, 0.6) is 5.75 Å². The molecule has 0 bridgehead atoms. The summed E-state index contributed by atoms with van der Waals surface area (Å²) >= 11 is 5.99. The van der Waals surface area contributed by atoms with Crippen LogP contribution in [-0.2, 0) is 11.3 Å². The van der Waals surface area contributed by atoms with Gasteiger partial charge in [-0.1, -0.05) is 24.6 Å². The summed E-state index contributed by atoms with van der Waals surface area (Å²) in [7, 11) is 0. The molecule has 0 fully saturated rings. The highest BCUT2D eigenvalue weighted by molar-refractivity contribution is 6.30. The van der Waals surface area contributed by atoms with Crippen LogP contribution in [0.4, 0.5) is 0 Å². The van der Waals surface area contributed by atoms with E-state index in [0.29, 0.717) is 23.9 Å². The number of amides is 1. The molecule has 20 heavy (non-hydrogen) atoms. The van der Waals surface area contributed by atoms with Gasteiger partial charge in [-0.2, -0.15) is 0 Å². The summed E-state index contributed by atoms with van der Waals surface area (Å²) in [5.74, 6) is 0.499. The van der Waals surface area contributed by atoms with Gasteiger partial charge in [-0.05, 0) is 31.2 Å². The van der Waals surface area contributed by atoms with E-state index >= 15 is 0 Å². The molecule has 0 saturated carbocycles. The molecule has 110 valence electrons. The monoisotopic (exact) mass is 296 g/mol. The molecular weight excluding hydrogens is 276 g/mol. The first-order valence-electron chi connectivity index (χ1n) is 6.67. The summed E-state index contributed by atoms with van der Waals surface area (Å²) in [4.78, 5) is 11.5. The Bertz CT molecular complexity index is 449. The van der Waals surface area contributed by atoms with E-state index in [1.807, 2.05) is 6.07 Å². The Labute approximate surface area is 125 Å². The number of carbonyl (C=O) groups excluding carboxylic acids is 1. The Hall–Kier alpha value is -1.52. The van der Waals surface area contributed by atoms with E-state index in [-0.39, 0.29) is 12.5 Å². The fourth-order valence-corrected chi connectivity index (χ4v) is 1.80. The smallest absolute Gasteiger partial charge is 0.258 e. The molecule has 0 spiro atoms. The van der Waals surface area contributed by atoms with E-state index in [4.69, 9.17) is 16.3 Å². The lowest BCUT2D eigenvalue weighted by Gasteiger charge is -2.12. The summed E-state index contributed by atoms with van der Waals surface area (Å²) < 4.78 is 5.54.